The van der Waals surface area contributed by atoms with Crippen LogP contribution >= 0.6 is 0 Å². The Morgan fingerprint density at radius 3 is 2.13 bits per heavy atom. The first kappa shape index (κ1) is 25.7. The molecule has 0 aromatic heterocycles. The fourth-order valence-electron chi connectivity index (χ4n) is 2.31. The molecule has 1 rings (SSSR count). The maximum Gasteiger partial charge on any atom is 0.408 e. The third kappa shape index (κ3) is 8.17. The van der Waals surface area contributed by atoms with Crippen LogP contribution in [0.15, 0.2) is 36.4 Å². The summed E-state index contributed by atoms with van der Waals surface area (Å²) in [6.45, 7) is 15.6. The zero-order valence-corrected chi connectivity index (χ0v) is 20.4. The fourth-order valence-corrected chi connectivity index (χ4v) is 3.56. The number of ether oxygens (including phenoxy) is 1. The number of alkyl carbamates (subject to hydrolysis) is 1. The molecule has 0 spiro atoms. The van der Waals surface area contributed by atoms with Gasteiger partial charge in [0.1, 0.15) is 11.7 Å². The number of benzene rings is 1. The van der Waals surface area contributed by atoms with Crippen LogP contribution in [0.5, 0.6) is 0 Å². The summed E-state index contributed by atoms with van der Waals surface area (Å²) in [5.41, 5.74) is 0.247. The molecule has 0 bridgehead atoms. The summed E-state index contributed by atoms with van der Waals surface area (Å²) in [7, 11) is -2.36. The molecule has 1 amide bonds. The maximum atomic E-state index is 12.7. The number of amides is 1. The van der Waals surface area contributed by atoms with Crippen LogP contribution in [-0.4, -0.2) is 37.9 Å². The topological polar surface area (TPSA) is 64.6 Å². The molecular weight excluding hydrogens is 394 g/mol. The van der Waals surface area contributed by atoms with Crippen LogP contribution in [0.4, 0.5) is 4.79 Å². The zero-order valence-electron chi connectivity index (χ0n) is 19.4. The molecule has 0 unspecified atom stereocenters. The van der Waals surface area contributed by atoms with Gasteiger partial charge in [0.25, 0.3) is 0 Å². The van der Waals surface area contributed by atoms with E-state index in [1.54, 1.807) is 26.8 Å². The predicted octanol–water partition coefficient (Wildman–Crippen LogP) is 5.19. The lowest BCUT2D eigenvalue weighted by molar-refractivity contribution is -0.121. The number of Topliss-reactive ketones (excluding diaryl/α,β-unsaturated/α-hetero) is 1. The minimum Gasteiger partial charge on any atom is -0.444 e. The Kier molecular flexibility index (Phi) is 8.64. The maximum absolute atomic E-state index is 12.7. The fraction of sp³-hybridized carbons (Fsp3) is 0.500. The Balaban J connectivity index is 3.30. The lowest BCUT2D eigenvalue weighted by Crippen LogP contribution is -2.54. The highest BCUT2D eigenvalue weighted by atomic mass is 28.4. The average molecular weight is 430 g/mol. The first-order valence-corrected chi connectivity index (χ1v) is 13.0. The number of rotatable bonds is 7. The number of terminal acetylenes is 1. The summed E-state index contributed by atoms with van der Waals surface area (Å²) in [4.78, 5) is 25.2. The van der Waals surface area contributed by atoms with Crippen molar-refractivity contribution in [2.75, 3.05) is 0 Å². The van der Waals surface area contributed by atoms with Gasteiger partial charge in [-0.05, 0) is 50.4 Å². The van der Waals surface area contributed by atoms with Crippen molar-refractivity contribution >= 4 is 26.3 Å². The van der Waals surface area contributed by atoms with Crippen molar-refractivity contribution in [2.24, 2.45) is 0 Å². The largest absolute Gasteiger partial charge is 0.444 e. The van der Waals surface area contributed by atoms with Gasteiger partial charge in [-0.2, -0.15) is 0 Å². The van der Waals surface area contributed by atoms with Gasteiger partial charge in [0.15, 0.2) is 8.32 Å². The van der Waals surface area contributed by atoms with E-state index < -0.39 is 37.9 Å². The zero-order chi connectivity index (χ0) is 23.2. The van der Waals surface area contributed by atoms with Gasteiger partial charge < -0.3 is 14.5 Å². The molecule has 5 nitrogen and oxygen atoms in total. The lowest BCUT2D eigenvalue weighted by atomic mass is 10.1. The standard InChI is InChI=1S/C24H35NO4Si/c1-10-20(26)21(29-30(8,9)24(5,6)7)19(25-22(27)28-23(2,3)4)17-16-18-14-12-11-13-15-18/h1,11-17,19,21H,2-9H3,(H,25,27)/b17-16+/t19-,21+/m1/s1. The number of hydrogen-bond donors (Lipinski definition) is 1. The van der Waals surface area contributed by atoms with E-state index in [0.717, 1.165) is 5.56 Å². The molecule has 30 heavy (non-hydrogen) atoms. The SMILES string of the molecule is C#CC(=O)[C@@H](O[Si](C)(C)C(C)(C)C)[C@@H](/C=C/c1ccccc1)NC(=O)OC(C)(C)C. The van der Waals surface area contributed by atoms with Gasteiger partial charge in [-0.15, -0.1) is 6.42 Å². The predicted molar refractivity (Wildman–Crippen MR) is 125 cm³/mol. The molecule has 0 fully saturated rings. The van der Waals surface area contributed by atoms with Crippen molar-refractivity contribution in [1.29, 1.82) is 0 Å². The van der Waals surface area contributed by atoms with Gasteiger partial charge in [0, 0.05) is 0 Å². The van der Waals surface area contributed by atoms with Crippen LogP contribution in [0, 0.1) is 12.3 Å². The highest BCUT2D eigenvalue weighted by molar-refractivity contribution is 6.74. The first-order chi connectivity index (χ1) is 13.7. The molecule has 1 aromatic rings. The third-order valence-electron chi connectivity index (χ3n) is 4.93. The van der Waals surface area contributed by atoms with E-state index in [4.69, 9.17) is 15.6 Å². The molecule has 0 aliphatic heterocycles. The van der Waals surface area contributed by atoms with E-state index in [2.05, 4.69) is 32.0 Å². The van der Waals surface area contributed by atoms with Crippen molar-refractivity contribution < 1.29 is 18.8 Å². The van der Waals surface area contributed by atoms with Gasteiger partial charge in [-0.25, -0.2) is 4.79 Å². The van der Waals surface area contributed by atoms with Crippen LogP contribution in [0.2, 0.25) is 18.1 Å². The Morgan fingerprint density at radius 1 is 1.10 bits per heavy atom. The Hall–Kier alpha value is -2.36. The summed E-state index contributed by atoms with van der Waals surface area (Å²) in [6.07, 6.45) is 7.35. The molecule has 2 atom stereocenters. The molecule has 0 saturated heterocycles. The summed E-state index contributed by atoms with van der Waals surface area (Å²) >= 11 is 0. The van der Waals surface area contributed by atoms with E-state index in [0.29, 0.717) is 0 Å². The minimum absolute atomic E-state index is 0.139. The Labute approximate surface area is 182 Å². The quantitative estimate of drug-likeness (QED) is 0.368. The number of carbonyl (C=O) groups excluding carboxylic acids is 2. The van der Waals surface area contributed by atoms with Crippen molar-refractivity contribution in [3.8, 4) is 12.3 Å². The van der Waals surface area contributed by atoms with Gasteiger partial charge in [0.2, 0.25) is 5.78 Å². The van der Waals surface area contributed by atoms with Crippen molar-refractivity contribution in [1.82, 2.24) is 5.32 Å². The summed E-state index contributed by atoms with van der Waals surface area (Å²) in [6, 6.07) is 8.80. The smallest absolute Gasteiger partial charge is 0.408 e. The van der Waals surface area contributed by atoms with Crippen molar-refractivity contribution in [3.05, 3.63) is 42.0 Å². The summed E-state index contributed by atoms with van der Waals surface area (Å²) in [5, 5.41) is 2.63. The highest BCUT2D eigenvalue weighted by Gasteiger charge is 2.42. The third-order valence-corrected chi connectivity index (χ3v) is 9.39. The van der Waals surface area contributed by atoms with Gasteiger partial charge in [0.05, 0.1) is 6.04 Å². The Morgan fingerprint density at radius 2 is 1.67 bits per heavy atom. The Bertz CT molecular complexity index is 795. The molecule has 0 heterocycles. The molecule has 164 valence electrons. The molecule has 0 radical (unpaired) electrons. The van der Waals surface area contributed by atoms with Crippen LogP contribution in [0.1, 0.15) is 47.1 Å². The van der Waals surface area contributed by atoms with Crippen LogP contribution in [-0.2, 0) is 14.0 Å². The normalized spacial score (nSPS) is 14.6. The van der Waals surface area contributed by atoms with E-state index in [9.17, 15) is 9.59 Å². The van der Waals surface area contributed by atoms with Gasteiger partial charge in [-0.3, -0.25) is 4.79 Å². The van der Waals surface area contributed by atoms with Gasteiger partial charge in [-0.1, -0.05) is 63.3 Å². The van der Waals surface area contributed by atoms with Crippen LogP contribution in [0.3, 0.4) is 0 Å². The lowest BCUT2D eigenvalue weighted by Gasteiger charge is -2.40. The van der Waals surface area contributed by atoms with Crippen molar-refractivity contribution in [3.63, 3.8) is 0 Å². The average Bonchev–Trinajstić information content (AvgIpc) is 2.61. The number of hydrogen-bond acceptors (Lipinski definition) is 4. The molecule has 1 aromatic carbocycles. The molecular formula is C24H35NO4Si. The van der Waals surface area contributed by atoms with E-state index >= 15 is 0 Å². The van der Waals surface area contributed by atoms with E-state index in [1.165, 1.54) is 0 Å². The van der Waals surface area contributed by atoms with Crippen LogP contribution < -0.4 is 5.32 Å². The molecule has 6 heteroatoms. The summed E-state index contributed by atoms with van der Waals surface area (Å²) < 4.78 is 11.8. The molecule has 0 aliphatic rings. The molecule has 1 N–H and O–H groups in total. The van der Waals surface area contributed by atoms with E-state index in [1.807, 2.05) is 49.5 Å². The number of carbonyl (C=O) groups is 2. The second kappa shape index (κ2) is 10.1. The van der Waals surface area contributed by atoms with E-state index in [-0.39, 0.29) is 5.04 Å². The van der Waals surface area contributed by atoms with Crippen molar-refractivity contribution in [2.45, 2.75) is 77.4 Å². The minimum atomic E-state index is -2.36. The second-order valence-electron chi connectivity index (χ2n) is 9.75. The molecule has 0 saturated carbocycles. The van der Waals surface area contributed by atoms with Gasteiger partial charge >= 0.3 is 6.09 Å². The molecule has 0 aliphatic carbocycles. The number of nitrogens with one attached hydrogen (secondary N) is 1. The first-order valence-electron chi connectivity index (χ1n) is 10.1. The summed E-state index contributed by atoms with van der Waals surface area (Å²) in [5.74, 6) is 1.66. The monoisotopic (exact) mass is 429 g/mol. The second-order valence-corrected chi connectivity index (χ2v) is 14.5. The van der Waals surface area contributed by atoms with Crippen LogP contribution in [0.25, 0.3) is 6.08 Å². The number of ketones is 1. The highest BCUT2D eigenvalue weighted by Crippen LogP contribution is 2.37.